The van der Waals surface area contributed by atoms with Crippen molar-refractivity contribution < 1.29 is 18.7 Å². The van der Waals surface area contributed by atoms with Crippen LogP contribution in [0.1, 0.15) is 24.8 Å². The number of anilines is 1. The molecule has 0 atom stereocenters. The molecule has 1 amide bonds. The molecule has 5 rings (SSSR count). The quantitative estimate of drug-likeness (QED) is 0.395. The molecular weight excluding hydrogens is 490 g/mol. The largest absolute Gasteiger partial charge is 0.497 e. The van der Waals surface area contributed by atoms with Crippen molar-refractivity contribution in [1.29, 1.82) is 0 Å². The molecule has 2 aliphatic heterocycles. The number of amides is 1. The van der Waals surface area contributed by atoms with E-state index in [9.17, 15) is 9.59 Å². The number of hydrogen-bond acceptors (Lipinski definition) is 6. The van der Waals surface area contributed by atoms with Crippen molar-refractivity contribution in [2.45, 2.75) is 26.2 Å². The zero-order chi connectivity index (χ0) is 26.0. The Balaban J connectivity index is 1.12. The van der Waals surface area contributed by atoms with Crippen molar-refractivity contribution in [2.75, 3.05) is 45.2 Å². The molecule has 0 unspecified atom stereocenters. The Kier molecular flexibility index (Phi) is 7.06. The molecule has 37 heavy (non-hydrogen) atoms. The van der Waals surface area contributed by atoms with E-state index in [1.54, 1.807) is 19.2 Å². The Bertz CT molecular complexity index is 1380. The maximum absolute atomic E-state index is 12.9. The fraction of sp³-hybridized carbons (Fsp3) is 0.393. The molecule has 2 aromatic carbocycles. The molecule has 2 aliphatic rings. The summed E-state index contributed by atoms with van der Waals surface area (Å²) in [5, 5.41) is 4.88. The highest BCUT2D eigenvalue weighted by Crippen LogP contribution is 2.40. The van der Waals surface area contributed by atoms with Gasteiger partial charge in [-0.25, -0.2) is 4.79 Å². The second kappa shape index (κ2) is 10.4. The highest BCUT2D eigenvalue weighted by atomic mass is 32.1. The molecule has 0 saturated carbocycles. The van der Waals surface area contributed by atoms with Gasteiger partial charge in [-0.05, 0) is 73.6 Å². The number of aryl methyl sites for hydroxylation is 1. The average Bonchev–Trinajstić information content (AvgIpc) is 3.30. The smallest absolute Gasteiger partial charge is 0.336 e. The number of nitrogens with one attached hydrogen (secondary N) is 1. The molecule has 0 aliphatic carbocycles. The van der Waals surface area contributed by atoms with Crippen LogP contribution in [0.25, 0.3) is 11.0 Å². The molecule has 0 radical (unpaired) electrons. The Hall–Kier alpha value is -3.59. The van der Waals surface area contributed by atoms with Crippen molar-refractivity contribution in [1.82, 2.24) is 9.80 Å². The van der Waals surface area contributed by atoms with Crippen molar-refractivity contribution in [2.24, 2.45) is 5.41 Å². The molecule has 2 fully saturated rings. The lowest BCUT2D eigenvalue weighted by Gasteiger charge is -2.40. The van der Waals surface area contributed by atoms with Crippen LogP contribution in [0.5, 0.6) is 11.5 Å². The van der Waals surface area contributed by atoms with Crippen LogP contribution in [0.2, 0.25) is 0 Å². The highest BCUT2D eigenvalue weighted by molar-refractivity contribution is 7.80. The van der Waals surface area contributed by atoms with E-state index in [0.29, 0.717) is 16.4 Å². The van der Waals surface area contributed by atoms with E-state index in [4.69, 9.17) is 26.1 Å². The van der Waals surface area contributed by atoms with Crippen molar-refractivity contribution in [3.63, 3.8) is 0 Å². The second-order valence-electron chi connectivity index (χ2n) is 9.91. The second-order valence-corrected chi connectivity index (χ2v) is 10.3. The molecule has 3 aromatic rings. The zero-order valence-corrected chi connectivity index (χ0v) is 21.9. The monoisotopic (exact) mass is 521 g/mol. The first kappa shape index (κ1) is 25.1. The molecule has 0 bridgehead atoms. The van der Waals surface area contributed by atoms with Gasteiger partial charge in [-0.2, -0.15) is 0 Å². The van der Waals surface area contributed by atoms with Gasteiger partial charge in [0.25, 0.3) is 5.91 Å². The first-order valence-corrected chi connectivity index (χ1v) is 12.9. The SMILES string of the molecule is COc1cccc(NC(=S)N2CCC3(CCN(C(=O)COc4ccc5c(C)cc(=O)oc5c4)C3)CC2)c1. The number of hydrogen-bond donors (Lipinski definition) is 1. The zero-order valence-electron chi connectivity index (χ0n) is 21.1. The number of methoxy groups -OCH3 is 1. The molecule has 1 aromatic heterocycles. The van der Waals surface area contributed by atoms with E-state index in [-0.39, 0.29) is 17.9 Å². The van der Waals surface area contributed by atoms with Crippen LogP contribution >= 0.6 is 12.2 Å². The predicted molar refractivity (Wildman–Crippen MR) is 146 cm³/mol. The van der Waals surface area contributed by atoms with E-state index < -0.39 is 5.63 Å². The first-order chi connectivity index (χ1) is 17.8. The van der Waals surface area contributed by atoms with Gasteiger partial charge in [-0.15, -0.1) is 0 Å². The van der Waals surface area contributed by atoms with Crippen LogP contribution in [0.4, 0.5) is 5.69 Å². The summed E-state index contributed by atoms with van der Waals surface area (Å²) in [5.74, 6) is 1.27. The third kappa shape index (κ3) is 5.56. The molecule has 3 heterocycles. The van der Waals surface area contributed by atoms with Gasteiger partial charge in [-0.1, -0.05) is 6.07 Å². The normalized spacial score (nSPS) is 16.7. The van der Waals surface area contributed by atoms with Gasteiger partial charge in [-0.3, -0.25) is 4.79 Å². The van der Waals surface area contributed by atoms with Gasteiger partial charge in [0.15, 0.2) is 11.7 Å². The van der Waals surface area contributed by atoms with E-state index in [2.05, 4.69) is 10.2 Å². The van der Waals surface area contributed by atoms with E-state index in [1.165, 1.54) is 6.07 Å². The molecule has 2 saturated heterocycles. The summed E-state index contributed by atoms with van der Waals surface area (Å²) in [5.41, 5.74) is 1.94. The summed E-state index contributed by atoms with van der Waals surface area (Å²) in [7, 11) is 1.65. The number of rotatable bonds is 5. The number of nitrogens with zero attached hydrogens (tertiary/aromatic N) is 2. The highest BCUT2D eigenvalue weighted by Gasteiger charge is 2.42. The van der Waals surface area contributed by atoms with Gasteiger partial charge in [0.1, 0.15) is 17.1 Å². The number of fused-ring (bicyclic) bond motifs is 1. The molecule has 194 valence electrons. The van der Waals surface area contributed by atoms with E-state index in [1.807, 2.05) is 42.2 Å². The van der Waals surface area contributed by atoms with Crippen molar-refractivity contribution in [3.8, 4) is 11.5 Å². The predicted octanol–water partition coefficient (Wildman–Crippen LogP) is 4.20. The van der Waals surface area contributed by atoms with Crippen LogP contribution in [0, 0.1) is 12.3 Å². The van der Waals surface area contributed by atoms with E-state index in [0.717, 1.165) is 67.8 Å². The van der Waals surface area contributed by atoms with Gasteiger partial charge in [0.05, 0.1) is 7.11 Å². The fourth-order valence-corrected chi connectivity index (χ4v) is 5.58. The Morgan fingerprint density at radius 1 is 1.05 bits per heavy atom. The lowest BCUT2D eigenvalue weighted by atomic mass is 9.78. The number of benzene rings is 2. The maximum Gasteiger partial charge on any atom is 0.336 e. The summed E-state index contributed by atoms with van der Waals surface area (Å²) >= 11 is 5.66. The van der Waals surface area contributed by atoms with Gasteiger partial charge >= 0.3 is 5.63 Å². The maximum atomic E-state index is 12.9. The fourth-order valence-electron chi connectivity index (χ4n) is 5.28. The summed E-state index contributed by atoms with van der Waals surface area (Å²) in [6.07, 6.45) is 2.96. The minimum absolute atomic E-state index is 0.0275. The number of carbonyl (C=O) groups is 1. The molecule has 8 nitrogen and oxygen atoms in total. The average molecular weight is 522 g/mol. The Labute approximate surface area is 221 Å². The topological polar surface area (TPSA) is 84.3 Å². The Morgan fingerprint density at radius 2 is 1.81 bits per heavy atom. The minimum atomic E-state index is -0.400. The van der Waals surface area contributed by atoms with E-state index >= 15 is 0 Å². The Morgan fingerprint density at radius 3 is 2.57 bits per heavy atom. The third-order valence-electron chi connectivity index (χ3n) is 7.51. The molecule has 9 heteroatoms. The number of carbonyl (C=O) groups excluding carboxylic acids is 1. The van der Waals surface area contributed by atoms with Gasteiger partial charge in [0, 0.05) is 55.5 Å². The van der Waals surface area contributed by atoms with Gasteiger partial charge in [0.2, 0.25) is 0 Å². The van der Waals surface area contributed by atoms with Crippen LogP contribution in [0.15, 0.2) is 57.7 Å². The lowest BCUT2D eigenvalue weighted by molar-refractivity contribution is -0.132. The summed E-state index contributed by atoms with van der Waals surface area (Å²) < 4.78 is 16.3. The third-order valence-corrected chi connectivity index (χ3v) is 7.87. The lowest BCUT2D eigenvalue weighted by Crippen LogP contribution is -2.46. The van der Waals surface area contributed by atoms with Crippen LogP contribution in [-0.4, -0.2) is 60.7 Å². The van der Waals surface area contributed by atoms with Crippen LogP contribution < -0.4 is 20.4 Å². The molecule has 1 spiro atoms. The summed E-state index contributed by atoms with van der Waals surface area (Å²) in [6, 6.07) is 14.5. The number of piperidine rings is 1. The number of thiocarbonyl (C=S) groups is 1. The summed E-state index contributed by atoms with van der Waals surface area (Å²) in [6.45, 7) is 5.01. The van der Waals surface area contributed by atoms with Gasteiger partial charge < -0.3 is 29.0 Å². The number of likely N-dealkylation sites (tertiary alicyclic amines) is 2. The van der Waals surface area contributed by atoms with Crippen molar-refractivity contribution in [3.05, 3.63) is 64.5 Å². The molecule has 1 N–H and O–H groups in total. The standard InChI is InChI=1S/C28H31N3O5S/c1-19-14-26(33)36-24-16-22(6-7-23(19)24)35-17-25(32)31-13-10-28(18-31)8-11-30(12-9-28)27(37)29-20-4-3-5-21(15-20)34-2/h3-7,14-16H,8-13,17-18H2,1-2H3,(H,29,37). The molecular formula is C28H31N3O5S. The first-order valence-electron chi connectivity index (χ1n) is 12.5. The van der Waals surface area contributed by atoms with Crippen molar-refractivity contribution >= 4 is 39.9 Å². The summed E-state index contributed by atoms with van der Waals surface area (Å²) in [4.78, 5) is 28.7. The van der Waals surface area contributed by atoms with Crippen LogP contribution in [0.3, 0.4) is 0 Å². The van der Waals surface area contributed by atoms with Crippen LogP contribution in [-0.2, 0) is 4.79 Å². The minimum Gasteiger partial charge on any atom is -0.497 e. The number of ether oxygens (including phenoxy) is 2.